The summed E-state index contributed by atoms with van der Waals surface area (Å²) in [5.41, 5.74) is 1.83. The SMILES string of the molecule is C[C@@](CCn1cc(F)c(-c2ccc(-n3ncnn3)cc2)cc1=O)(C(=O)NO)S(C)(=O)=O. The van der Waals surface area contributed by atoms with E-state index < -0.39 is 31.9 Å². The molecule has 0 spiro atoms. The monoisotopic (exact) mass is 450 g/mol. The number of aromatic nitrogens is 5. The molecule has 0 radical (unpaired) electrons. The van der Waals surface area contributed by atoms with Gasteiger partial charge in [0.15, 0.2) is 20.9 Å². The smallest absolute Gasteiger partial charge is 0.264 e. The van der Waals surface area contributed by atoms with Gasteiger partial charge >= 0.3 is 0 Å². The lowest BCUT2D eigenvalue weighted by atomic mass is 10.0. The van der Waals surface area contributed by atoms with Crippen molar-refractivity contribution in [1.82, 2.24) is 30.3 Å². The van der Waals surface area contributed by atoms with Crippen molar-refractivity contribution in [3.05, 3.63) is 59.0 Å². The van der Waals surface area contributed by atoms with Crippen LogP contribution in [0.25, 0.3) is 16.8 Å². The van der Waals surface area contributed by atoms with Crippen LogP contribution in [0.3, 0.4) is 0 Å². The van der Waals surface area contributed by atoms with Crippen molar-refractivity contribution >= 4 is 15.7 Å². The Morgan fingerprint density at radius 3 is 2.52 bits per heavy atom. The number of nitrogens with zero attached hydrogens (tertiary/aromatic N) is 5. The van der Waals surface area contributed by atoms with E-state index in [4.69, 9.17) is 5.21 Å². The molecule has 3 rings (SSSR count). The summed E-state index contributed by atoms with van der Waals surface area (Å²) in [6.45, 7) is 0.860. The van der Waals surface area contributed by atoms with Crippen LogP contribution in [0, 0.1) is 5.82 Å². The Morgan fingerprint density at radius 2 is 1.97 bits per heavy atom. The quantitative estimate of drug-likeness (QED) is 0.386. The second-order valence-corrected chi connectivity index (χ2v) is 9.48. The highest BCUT2D eigenvalue weighted by atomic mass is 32.2. The zero-order chi connectivity index (χ0) is 22.8. The van der Waals surface area contributed by atoms with Crippen molar-refractivity contribution < 1.29 is 22.8 Å². The van der Waals surface area contributed by atoms with E-state index in [0.717, 1.165) is 30.0 Å². The number of sulfone groups is 1. The molecule has 0 aliphatic heterocycles. The van der Waals surface area contributed by atoms with Crippen molar-refractivity contribution in [2.75, 3.05) is 6.26 Å². The maximum Gasteiger partial charge on any atom is 0.264 e. The Kier molecular flexibility index (Phi) is 5.99. The van der Waals surface area contributed by atoms with Crippen LogP contribution in [0.1, 0.15) is 13.3 Å². The molecule has 2 aromatic heterocycles. The van der Waals surface area contributed by atoms with E-state index >= 15 is 0 Å². The Bertz CT molecular complexity index is 1260. The summed E-state index contributed by atoms with van der Waals surface area (Å²) in [7, 11) is -3.94. The number of tetrazole rings is 1. The second kappa shape index (κ2) is 8.35. The average molecular weight is 450 g/mol. The summed E-state index contributed by atoms with van der Waals surface area (Å²) < 4.78 is 37.8. The maximum atomic E-state index is 14.7. The highest BCUT2D eigenvalue weighted by molar-refractivity contribution is 7.92. The zero-order valence-electron chi connectivity index (χ0n) is 16.6. The van der Waals surface area contributed by atoms with Gasteiger partial charge in [-0.05, 0) is 36.3 Å². The molecule has 11 nitrogen and oxygen atoms in total. The van der Waals surface area contributed by atoms with E-state index in [1.807, 2.05) is 0 Å². The van der Waals surface area contributed by atoms with E-state index in [1.54, 1.807) is 24.3 Å². The third-order valence-corrected chi connectivity index (χ3v) is 7.09. The highest BCUT2D eigenvalue weighted by Crippen LogP contribution is 2.24. The second-order valence-electron chi connectivity index (χ2n) is 7.03. The Hall–Kier alpha value is -3.45. The maximum absolute atomic E-state index is 14.7. The Balaban J connectivity index is 1.87. The number of nitrogens with one attached hydrogen (secondary N) is 1. The lowest BCUT2D eigenvalue weighted by Gasteiger charge is -2.25. The van der Waals surface area contributed by atoms with Gasteiger partial charge in [-0.3, -0.25) is 14.8 Å². The van der Waals surface area contributed by atoms with Gasteiger partial charge in [-0.2, -0.15) is 0 Å². The molecular weight excluding hydrogens is 431 g/mol. The van der Waals surface area contributed by atoms with E-state index in [2.05, 4.69) is 15.4 Å². The number of hydrogen-bond donors (Lipinski definition) is 2. The number of amides is 1. The molecule has 31 heavy (non-hydrogen) atoms. The molecule has 1 amide bonds. The van der Waals surface area contributed by atoms with Gasteiger partial charge in [0, 0.05) is 30.6 Å². The van der Waals surface area contributed by atoms with Crippen molar-refractivity contribution in [3.63, 3.8) is 0 Å². The standard InChI is InChI=1S/C18H19FN6O5S/c1-18(17(27)22-28,31(2,29)30)7-8-24-10-15(19)14(9-16(24)26)12-3-5-13(6-4-12)25-21-11-20-23-25/h3-6,9-11,28H,7-8H2,1-2H3,(H,22,27)/t18-/m1/s1. The first kappa shape index (κ1) is 22.2. The lowest BCUT2D eigenvalue weighted by molar-refractivity contribution is -0.131. The minimum absolute atomic E-state index is 0.0540. The number of hydroxylamine groups is 1. The van der Waals surface area contributed by atoms with Gasteiger partial charge in [-0.25, -0.2) is 18.3 Å². The van der Waals surface area contributed by atoms with Crippen molar-refractivity contribution in [2.45, 2.75) is 24.6 Å². The van der Waals surface area contributed by atoms with Crippen LogP contribution in [0.2, 0.25) is 0 Å². The van der Waals surface area contributed by atoms with Crippen LogP contribution in [0.4, 0.5) is 4.39 Å². The number of halogens is 1. The first-order valence-electron chi connectivity index (χ1n) is 8.95. The summed E-state index contributed by atoms with van der Waals surface area (Å²) in [6.07, 6.45) is 2.71. The fourth-order valence-corrected chi connectivity index (χ4v) is 3.76. The van der Waals surface area contributed by atoms with E-state index in [1.165, 1.54) is 16.6 Å². The molecule has 0 aliphatic carbocycles. The number of pyridine rings is 1. The number of benzene rings is 1. The molecule has 0 fully saturated rings. The summed E-state index contributed by atoms with van der Waals surface area (Å²) in [4.78, 5) is 25.7. The van der Waals surface area contributed by atoms with Gasteiger partial charge in [0.2, 0.25) is 0 Å². The Labute approximate surface area is 176 Å². The number of carbonyl (C=O) groups is 1. The molecule has 0 unspecified atom stereocenters. The van der Waals surface area contributed by atoms with Gasteiger partial charge in [-0.15, -0.1) is 15.0 Å². The minimum Gasteiger partial charge on any atom is -0.312 e. The Morgan fingerprint density at radius 1 is 1.29 bits per heavy atom. The number of carbonyl (C=O) groups excluding carboxylic acids is 1. The number of aryl methyl sites for hydroxylation is 1. The molecule has 1 aromatic carbocycles. The van der Waals surface area contributed by atoms with Crippen LogP contribution in [0.15, 0.2) is 47.7 Å². The normalized spacial score (nSPS) is 13.5. The predicted molar refractivity (Wildman–Crippen MR) is 107 cm³/mol. The van der Waals surface area contributed by atoms with Crippen molar-refractivity contribution in [1.29, 1.82) is 0 Å². The first-order chi connectivity index (χ1) is 14.6. The van der Waals surface area contributed by atoms with Crippen LogP contribution in [-0.2, 0) is 21.2 Å². The van der Waals surface area contributed by atoms with Gasteiger partial charge in [0.25, 0.3) is 11.5 Å². The fraction of sp³-hybridized carbons (Fsp3) is 0.278. The molecule has 0 saturated heterocycles. The number of hydrogen-bond acceptors (Lipinski definition) is 8. The summed E-state index contributed by atoms with van der Waals surface area (Å²) in [5, 5.41) is 20.1. The predicted octanol–water partition coefficient (Wildman–Crippen LogP) is 0.329. The topological polar surface area (TPSA) is 149 Å². The molecule has 13 heteroatoms. The van der Waals surface area contributed by atoms with Crippen molar-refractivity contribution in [2.24, 2.45) is 0 Å². The van der Waals surface area contributed by atoms with E-state index in [-0.39, 0.29) is 18.5 Å². The number of rotatable bonds is 7. The zero-order valence-corrected chi connectivity index (χ0v) is 17.4. The molecule has 0 bridgehead atoms. The first-order valence-corrected chi connectivity index (χ1v) is 10.8. The molecule has 164 valence electrons. The van der Waals surface area contributed by atoms with Gasteiger partial charge in [-0.1, -0.05) is 12.1 Å². The van der Waals surface area contributed by atoms with Crippen LogP contribution in [0.5, 0.6) is 0 Å². The molecule has 2 N–H and O–H groups in total. The average Bonchev–Trinajstić information content (AvgIpc) is 3.27. The largest absolute Gasteiger partial charge is 0.312 e. The minimum atomic E-state index is -3.94. The molecule has 0 aliphatic rings. The van der Waals surface area contributed by atoms with Gasteiger partial charge in [0.05, 0.1) is 5.69 Å². The molecule has 1 atom stereocenters. The van der Waals surface area contributed by atoms with Crippen LogP contribution >= 0.6 is 0 Å². The highest BCUT2D eigenvalue weighted by Gasteiger charge is 2.43. The third kappa shape index (κ3) is 4.36. The molecule has 2 heterocycles. The molecular formula is C18H19FN6O5S. The summed E-state index contributed by atoms with van der Waals surface area (Å²) >= 11 is 0. The van der Waals surface area contributed by atoms with Gasteiger partial charge in [0.1, 0.15) is 5.82 Å². The third-order valence-electron chi connectivity index (χ3n) is 5.07. The van der Waals surface area contributed by atoms with Crippen LogP contribution in [-0.4, -0.2) is 55.3 Å². The molecule has 3 aromatic rings. The van der Waals surface area contributed by atoms with E-state index in [9.17, 15) is 22.4 Å². The van der Waals surface area contributed by atoms with Gasteiger partial charge < -0.3 is 4.57 Å². The fourth-order valence-electron chi connectivity index (χ4n) is 2.92. The van der Waals surface area contributed by atoms with Crippen LogP contribution < -0.4 is 11.0 Å². The molecule has 0 saturated carbocycles. The lowest BCUT2D eigenvalue weighted by Crippen LogP contribution is -2.50. The summed E-state index contributed by atoms with van der Waals surface area (Å²) in [5.74, 6) is -1.85. The van der Waals surface area contributed by atoms with E-state index in [0.29, 0.717) is 11.3 Å². The summed E-state index contributed by atoms with van der Waals surface area (Å²) in [6, 6.07) is 7.53. The van der Waals surface area contributed by atoms with Crippen molar-refractivity contribution in [3.8, 4) is 16.8 Å².